The van der Waals surface area contributed by atoms with Crippen molar-refractivity contribution in [3.63, 3.8) is 0 Å². The Hall–Kier alpha value is -2.25. The molecule has 5 nitrogen and oxygen atoms in total. The van der Waals surface area contributed by atoms with Gasteiger partial charge in [-0.05, 0) is 48.7 Å². The van der Waals surface area contributed by atoms with Gasteiger partial charge in [-0.1, -0.05) is 18.6 Å². The summed E-state index contributed by atoms with van der Waals surface area (Å²) < 4.78 is 40.7. The lowest BCUT2D eigenvalue weighted by molar-refractivity contribution is 0.0697. The molecule has 1 aliphatic rings. The minimum Gasteiger partial charge on any atom is -0.478 e. The first-order valence-corrected chi connectivity index (χ1v) is 9.47. The number of hydrogen-bond donors (Lipinski definition) is 1. The van der Waals surface area contributed by atoms with Crippen LogP contribution >= 0.6 is 0 Å². The van der Waals surface area contributed by atoms with Gasteiger partial charge in [0.1, 0.15) is 5.82 Å². The summed E-state index contributed by atoms with van der Waals surface area (Å²) in [6, 6.07) is 9.40. The molecule has 1 saturated heterocycles. The molecule has 1 heterocycles. The smallest absolute Gasteiger partial charge is 0.335 e. The van der Waals surface area contributed by atoms with Gasteiger partial charge in [0.25, 0.3) is 0 Å². The third-order valence-electron chi connectivity index (χ3n) is 4.33. The number of nitrogens with zero attached hydrogens (tertiary/aromatic N) is 1. The summed E-state index contributed by atoms with van der Waals surface area (Å²) in [5.74, 6) is -1.71. The van der Waals surface area contributed by atoms with E-state index >= 15 is 0 Å². The zero-order chi connectivity index (χ0) is 18.0. The highest BCUT2D eigenvalue weighted by Crippen LogP contribution is 2.27. The van der Waals surface area contributed by atoms with E-state index in [4.69, 9.17) is 5.11 Å². The number of benzene rings is 2. The van der Waals surface area contributed by atoms with Crippen molar-refractivity contribution in [1.29, 1.82) is 0 Å². The normalized spacial score (nSPS) is 15.9. The van der Waals surface area contributed by atoms with Gasteiger partial charge in [-0.15, -0.1) is 0 Å². The van der Waals surface area contributed by atoms with Crippen LogP contribution in [0.4, 0.5) is 4.39 Å². The van der Waals surface area contributed by atoms with E-state index in [2.05, 4.69) is 0 Å². The molecule has 3 rings (SSSR count). The van der Waals surface area contributed by atoms with Gasteiger partial charge in [0.15, 0.2) is 0 Å². The van der Waals surface area contributed by atoms with Gasteiger partial charge in [0.05, 0.1) is 10.5 Å². The average Bonchev–Trinajstić information content (AvgIpc) is 2.63. The zero-order valence-corrected chi connectivity index (χ0v) is 14.3. The molecule has 2 aromatic rings. The average molecular weight is 363 g/mol. The molecule has 0 bridgehead atoms. The lowest BCUT2D eigenvalue weighted by Crippen LogP contribution is -2.35. The van der Waals surface area contributed by atoms with Crippen molar-refractivity contribution in [3.05, 3.63) is 53.8 Å². The van der Waals surface area contributed by atoms with Gasteiger partial charge in [-0.25, -0.2) is 17.6 Å². The van der Waals surface area contributed by atoms with Crippen molar-refractivity contribution in [2.24, 2.45) is 0 Å². The third-order valence-corrected chi connectivity index (χ3v) is 6.24. The van der Waals surface area contributed by atoms with Gasteiger partial charge in [-0.3, -0.25) is 0 Å². The minimum absolute atomic E-state index is 0.0265. The van der Waals surface area contributed by atoms with Crippen LogP contribution in [0.3, 0.4) is 0 Å². The highest BCUT2D eigenvalue weighted by Gasteiger charge is 2.25. The number of carbonyl (C=O) groups is 1. The summed E-state index contributed by atoms with van der Waals surface area (Å²) in [6.45, 7) is 1.03. The predicted octanol–water partition coefficient (Wildman–Crippen LogP) is 3.37. The molecular weight excluding hydrogens is 345 g/mol. The van der Waals surface area contributed by atoms with E-state index in [1.165, 1.54) is 40.7 Å². The Bertz CT molecular complexity index is 888. The van der Waals surface area contributed by atoms with Crippen molar-refractivity contribution in [3.8, 4) is 11.1 Å². The van der Waals surface area contributed by atoms with Crippen LogP contribution in [0.2, 0.25) is 0 Å². The van der Waals surface area contributed by atoms with Crippen LogP contribution < -0.4 is 0 Å². The van der Waals surface area contributed by atoms with E-state index in [0.29, 0.717) is 18.7 Å². The number of carboxylic acid groups (broad SMARTS) is 1. The summed E-state index contributed by atoms with van der Waals surface area (Å²) in [6.07, 6.45) is 2.74. The molecule has 1 N–H and O–H groups in total. The van der Waals surface area contributed by atoms with Crippen molar-refractivity contribution in [2.45, 2.75) is 24.2 Å². The van der Waals surface area contributed by atoms with Crippen LogP contribution in [0.5, 0.6) is 0 Å². The molecule has 0 aromatic heterocycles. The minimum atomic E-state index is -3.55. The summed E-state index contributed by atoms with van der Waals surface area (Å²) >= 11 is 0. The quantitative estimate of drug-likeness (QED) is 0.904. The van der Waals surface area contributed by atoms with Crippen LogP contribution in [0.25, 0.3) is 11.1 Å². The third kappa shape index (κ3) is 3.57. The molecule has 0 aliphatic carbocycles. The highest BCUT2D eigenvalue weighted by atomic mass is 32.2. The second kappa shape index (κ2) is 6.93. The van der Waals surface area contributed by atoms with Crippen LogP contribution in [0, 0.1) is 5.82 Å². The number of carboxylic acids is 1. The van der Waals surface area contributed by atoms with Crippen LogP contribution in [-0.2, 0) is 10.0 Å². The molecule has 1 aliphatic heterocycles. The maximum absolute atomic E-state index is 14.0. The van der Waals surface area contributed by atoms with Gasteiger partial charge >= 0.3 is 5.97 Å². The number of halogens is 1. The number of piperidine rings is 1. The van der Waals surface area contributed by atoms with Crippen molar-refractivity contribution in [1.82, 2.24) is 4.31 Å². The Morgan fingerprint density at radius 2 is 1.64 bits per heavy atom. The first kappa shape index (κ1) is 17.6. The lowest BCUT2D eigenvalue weighted by Gasteiger charge is -2.25. The van der Waals surface area contributed by atoms with E-state index < -0.39 is 21.8 Å². The molecule has 0 unspecified atom stereocenters. The lowest BCUT2D eigenvalue weighted by atomic mass is 10.0. The molecule has 0 amide bonds. The molecule has 0 atom stereocenters. The van der Waals surface area contributed by atoms with Gasteiger partial charge < -0.3 is 5.11 Å². The summed E-state index contributed by atoms with van der Waals surface area (Å²) in [4.78, 5) is 11.2. The molecule has 7 heteroatoms. The van der Waals surface area contributed by atoms with E-state index in [1.54, 1.807) is 0 Å². The molecule has 0 saturated carbocycles. The van der Waals surface area contributed by atoms with Crippen molar-refractivity contribution >= 4 is 16.0 Å². The second-order valence-corrected chi connectivity index (χ2v) is 7.93. The second-order valence-electron chi connectivity index (χ2n) is 5.99. The molecule has 0 radical (unpaired) electrons. The molecular formula is C18H18FNO4S. The fraction of sp³-hybridized carbons (Fsp3) is 0.278. The largest absolute Gasteiger partial charge is 0.478 e. The number of sulfonamides is 1. The Morgan fingerprint density at radius 3 is 2.24 bits per heavy atom. The maximum atomic E-state index is 14.0. The molecule has 25 heavy (non-hydrogen) atoms. The summed E-state index contributed by atoms with van der Waals surface area (Å²) in [5.41, 5.74) is 0.529. The van der Waals surface area contributed by atoms with Crippen molar-refractivity contribution in [2.75, 3.05) is 13.1 Å². The highest BCUT2D eigenvalue weighted by molar-refractivity contribution is 7.89. The molecule has 2 aromatic carbocycles. The fourth-order valence-corrected chi connectivity index (χ4v) is 4.46. The topological polar surface area (TPSA) is 74.7 Å². The molecule has 132 valence electrons. The zero-order valence-electron chi connectivity index (χ0n) is 13.5. The summed E-state index contributed by atoms with van der Waals surface area (Å²) in [7, 11) is -3.55. The molecule has 1 fully saturated rings. The maximum Gasteiger partial charge on any atom is 0.335 e. The first-order valence-electron chi connectivity index (χ1n) is 8.03. The number of hydrogen-bond acceptors (Lipinski definition) is 3. The van der Waals surface area contributed by atoms with Crippen LogP contribution in [-0.4, -0.2) is 36.9 Å². The van der Waals surface area contributed by atoms with Crippen LogP contribution in [0.1, 0.15) is 29.6 Å². The van der Waals surface area contributed by atoms with Gasteiger partial charge in [-0.2, -0.15) is 4.31 Å². The Labute approximate surface area is 145 Å². The van der Waals surface area contributed by atoms with Crippen LogP contribution in [0.15, 0.2) is 47.4 Å². The van der Waals surface area contributed by atoms with E-state index in [9.17, 15) is 17.6 Å². The van der Waals surface area contributed by atoms with E-state index in [1.807, 2.05) is 0 Å². The standard InChI is InChI=1S/C18H18FNO4S/c19-17-9-6-14(18(21)22)12-16(17)13-4-7-15(8-5-13)25(23,24)20-10-2-1-3-11-20/h4-9,12H,1-3,10-11H2,(H,21,22). The van der Waals surface area contributed by atoms with Gasteiger partial charge in [0.2, 0.25) is 10.0 Å². The predicted molar refractivity (Wildman–Crippen MR) is 91.4 cm³/mol. The monoisotopic (exact) mass is 363 g/mol. The Morgan fingerprint density at radius 1 is 1.00 bits per heavy atom. The fourth-order valence-electron chi connectivity index (χ4n) is 2.94. The number of aromatic carboxylic acids is 1. The molecule has 0 spiro atoms. The van der Waals surface area contributed by atoms with E-state index in [0.717, 1.165) is 25.3 Å². The SMILES string of the molecule is O=C(O)c1ccc(F)c(-c2ccc(S(=O)(=O)N3CCCCC3)cc2)c1. The Kier molecular flexibility index (Phi) is 4.87. The number of rotatable bonds is 4. The summed E-state index contributed by atoms with van der Waals surface area (Å²) in [5, 5.41) is 9.03. The van der Waals surface area contributed by atoms with Crippen molar-refractivity contribution < 1.29 is 22.7 Å². The van der Waals surface area contributed by atoms with Gasteiger partial charge in [0, 0.05) is 18.7 Å². The van der Waals surface area contributed by atoms with E-state index in [-0.39, 0.29) is 16.0 Å². The first-order chi connectivity index (χ1) is 11.9. The Balaban J connectivity index is 1.93.